The molecule has 0 saturated carbocycles. The van der Waals surface area contributed by atoms with Crippen LogP contribution >= 0.6 is 0 Å². The van der Waals surface area contributed by atoms with Crippen molar-refractivity contribution in [2.24, 2.45) is 0 Å². The van der Waals surface area contributed by atoms with Crippen molar-refractivity contribution in [3.63, 3.8) is 0 Å². The molecule has 0 fully saturated rings. The Labute approximate surface area is 88.6 Å². The van der Waals surface area contributed by atoms with Gasteiger partial charge in [-0.15, -0.1) is 0 Å². The van der Waals surface area contributed by atoms with Crippen LogP contribution in [0.1, 0.15) is 0 Å². The van der Waals surface area contributed by atoms with E-state index in [4.69, 9.17) is 0 Å². The summed E-state index contributed by atoms with van der Waals surface area (Å²) in [5, 5.41) is 0. The Kier molecular flexibility index (Phi) is 614. The first-order valence-electron chi connectivity index (χ1n) is 0.250. The van der Waals surface area contributed by atoms with Gasteiger partial charge in [-0.2, -0.15) is 0 Å². The second kappa shape index (κ2) is 76.6. The molecule has 0 atom stereocenters. The van der Waals surface area contributed by atoms with E-state index in [2.05, 4.69) is 0 Å². The van der Waals surface area contributed by atoms with Gasteiger partial charge in [-0.25, -0.2) is 0 Å². The first kappa shape index (κ1) is 56.1. The summed E-state index contributed by atoms with van der Waals surface area (Å²) in [6.45, 7) is 0. The second-order valence-corrected chi connectivity index (χ2v) is 0. The molecule has 0 bridgehead atoms. The molecule has 0 nitrogen and oxygen atoms in total. The van der Waals surface area contributed by atoms with Crippen LogP contribution in [0.15, 0.2) is 0 Å². The first-order valence-corrected chi connectivity index (χ1v) is 6.75. The number of rotatable bonds is 0. The summed E-state index contributed by atoms with van der Waals surface area (Å²) in [6, 6.07) is 0. The van der Waals surface area contributed by atoms with Crippen molar-refractivity contribution in [1.82, 2.24) is 0 Å². The van der Waals surface area contributed by atoms with Crippen LogP contribution in [0.25, 0.3) is 0 Å². The maximum atomic E-state index is 2.00. The Morgan fingerprint density at radius 3 is 0.571 bits per heavy atom. The van der Waals surface area contributed by atoms with Crippen molar-refractivity contribution in [2.45, 2.75) is 0 Å². The van der Waals surface area contributed by atoms with Crippen LogP contribution in [-0.2, 0) is 0 Å². The van der Waals surface area contributed by atoms with Crippen LogP contribution in [0.2, 0.25) is 0 Å². The van der Waals surface area contributed by atoms with Gasteiger partial charge in [0.1, 0.15) is 0 Å². The molecule has 0 saturated heterocycles. The minimum absolute atomic E-state index is 0. The van der Waals surface area contributed by atoms with Crippen molar-refractivity contribution in [3.05, 3.63) is 0 Å². The van der Waals surface area contributed by atoms with E-state index >= 15 is 0 Å². The van der Waals surface area contributed by atoms with Crippen LogP contribution < -0.4 is 0 Å². The normalized spacial score (nSPS) is 0.571. The van der Waals surface area contributed by atoms with Gasteiger partial charge in [0.15, 0.2) is 0 Å². The van der Waals surface area contributed by atoms with Crippen LogP contribution in [-0.4, -0.2) is 89.5 Å². The SMILES string of the molecule is [Ge].[Ge]=[Ge].[Si].[Si].[Si].[Si]. The third-order valence-electron chi connectivity index (χ3n) is 0. The van der Waals surface area contributed by atoms with Gasteiger partial charge >= 0.3 is 28.0 Å². The number of hydrogen-bond donors (Lipinski definition) is 0. The zero-order valence-electron chi connectivity index (χ0n) is 3.50. The molecular weight excluding hydrogens is 330 g/mol. The smallest absolute Gasteiger partial charge is 0 e. The molecule has 24 radical (unpaired) electrons. The Balaban J connectivity index is -0.000000000500. The molecule has 7 heteroatoms. The van der Waals surface area contributed by atoms with Crippen LogP contribution in [0.5, 0.6) is 0 Å². The average Bonchev–Trinajstić information content (AvgIpc) is 1.00. The van der Waals surface area contributed by atoms with Gasteiger partial charge in [0, 0.05) is 61.5 Å². The van der Waals surface area contributed by atoms with E-state index in [0.717, 1.165) is 0 Å². The summed E-state index contributed by atoms with van der Waals surface area (Å²) in [4.78, 5) is 0. The molecule has 0 heterocycles. The van der Waals surface area contributed by atoms with Crippen LogP contribution in [0.3, 0.4) is 0 Å². The predicted octanol–water partition coefficient (Wildman–Crippen LogP) is -2.67. The van der Waals surface area contributed by atoms with Gasteiger partial charge in [0.25, 0.3) is 0 Å². The van der Waals surface area contributed by atoms with E-state index in [1.807, 2.05) is 28.0 Å². The fraction of sp³-hybridized carbons (Fsp3) is 0. The standard InChI is InChI=1S/Ge2.Ge.4Si/c1-2;;;;;. The third kappa shape index (κ3) is 57.5. The molecule has 0 amide bonds. The molecule has 0 rings (SSSR count). The van der Waals surface area contributed by atoms with E-state index in [1.54, 1.807) is 0 Å². The molecule has 0 aromatic heterocycles. The van der Waals surface area contributed by atoms with Gasteiger partial charge in [0.2, 0.25) is 0 Å². The largest absolute Gasteiger partial charge is 0 e. The molecule has 0 unspecified atom stereocenters. The second-order valence-electron chi connectivity index (χ2n) is 0. The Bertz CT molecular complexity index is 6.90. The van der Waals surface area contributed by atoms with Gasteiger partial charge in [-0.3, -0.25) is 0 Å². The molecule has 0 aliphatic carbocycles. The fourth-order valence-corrected chi connectivity index (χ4v) is 0. The summed E-state index contributed by atoms with van der Waals surface area (Å²) in [7, 11) is 0. The van der Waals surface area contributed by atoms with Gasteiger partial charge < -0.3 is 0 Å². The van der Waals surface area contributed by atoms with E-state index in [1.165, 1.54) is 0 Å². The van der Waals surface area contributed by atoms with Crippen LogP contribution in [0.4, 0.5) is 0 Å². The Morgan fingerprint density at radius 2 is 0.571 bits per heavy atom. The molecule has 0 aliphatic rings. The van der Waals surface area contributed by atoms with E-state index in [-0.39, 0.29) is 61.5 Å². The number of hydrogen-bond acceptors (Lipinski definition) is 0. The molecule has 7 heavy (non-hydrogen) atoms. The van der Waals surface area contributed by atoms with Crippen molar-refractivity contribution in [1.29, 1.82) is 0 Å². The summed E-state index contributed by atoms with van der Waals surface area (Å²) >= 11 is 4.00. The maximum absolute atomic E-state index is 2.00. The quantitative estimate of drug-likeness (QED) is 0.425. The van der Waals surface area contributed by atoms with Gasteiger partial charge in [-0.1, -0.05) is 0 Å². The van der Waals surface area contributed by atoms with Crippen molar-refractivity contribution in [2.75, 3.05) is 0 Å². The maximum Gasteiger partial charge on any atom is 0 e. The van der Waals surface area contributed by atoms with Crippen molar-refractivity contribution < 1.29 is 0 Å². The van der Waals surface area contributed by atoms with Crippen LogP contribution in [0, 0.1) is 0 Å². The molecule has 0 spiro atoms. The zero-order chi connectivity index (χ0) is 2.00. The molecule has 28 valence electrons. The molecular formula is Ge3Si4. The molecule has 0 aromatic rings. The first-order chi connectivity index (χ1) is 1.00. The van der Waals surface area contributed by atoms with Crippen molar-refractivity contribution >= 4 is 89.5 Å². The molecule has 0 N–H and O–H groups in total. The summed E-state index contributed by atoms with van der Waals surface area (Å²) < 4.78 is 0. The monoisotopic (exact) mass is 334 g/mol. The van der Waals surface area contributed by atoms with E-state index in [0.29, 0.717) is 0 Å². The summed E-state index contributed by atoms with van der Waals surface area (Å²) in [5.41, 5.74) is 0. The Hall–Kier alpha value is 2.50. The van der Waals surface area contributed by atoms with Crippen molar-refractivity contribution in [3.8, 4) is 0 Å². The van der Waals surface area contributed by atoms with Gasteiger partial charge in [0.05, 0.1) is 0 Å². The molecule has 0 aromatic carbocycles. The predicted molar refractivity (Wildman–Crippen MR) is 40.3 cm³/mol. The average molecular weight is 330 g/mol. The molecule has 0 aliphatic heterocycles. The third-order valence-corrected chi connectivity index (χ3v) is 0. The minimum atomic E-state index is 0. The summed E-state index contributed by atoms with van der Waals surface area (Å²) in [6.07, 6.45) is 0. The topological polar surface area (TPSA) is 0 Å². The minimum Gasteiger partial charge on any atom is 0 e. The van der Waals surface area contributed by atoms with Gasteiger partial charge in [-0.05, 0) is 0 Å². The van der Waals surface area contributed by atoms with E-state index < -0.39 is 0 Å². The Morgan fingerprint density at radius 1 is 0.571 bits per heavy atom. The van der Waals surface area contributed by atoms with E-state index in [9.17, 15) is 0 Å². The zero-order valence-corrected chi connectivity index (χ0v) is 13.8. The fourth-order valence-electron chi connectivity index (χ4n) is 0. The summed E-state index contributed by atoms with van der Waals surface area (Å²) in [5.74, 6) is 0.